The third-order valence-electron chi connectivity index (χ3n) is 4.72. The lowest BCUT2D eigenvalue weighted by molar-refractivity contribution is -0.122. The molecular weight excluding hydrogens is 344 g/mol. The summed E-state index contributed by atoms with van der Waals surface area (Å²) in [6.07, 6.45) is 2.38. The number of morpholine rings is 1. The summed E-state index contributed by atoms with van der Waals surface area (Å²) in [5, 5.41) is 14.6. The lowest BCUT2D eigenvalue weighted by Crippen LogP contribution is -2.43. The van der Waals surface area contributed by atoms with Crippen LogP contribution in [0.2, 0.25) is 5.02 Å². The third kappa shape index (κ3) is 3.81. The van der Waals surface area contributed by atoms with Gasteiger partial charge in [0.2, 0.25) is 5.91 Å². The fraction of sp³-hybridized carbons (Fsp3) is 0.500. The molecule has 8 nitrogen and oxygen atoms in total. The number of carbonyl (C=O) groups excluding carboxylic acids is 1. The van der Waals surface area contributed by atoms with E-state index in [0.29, 0.717) is 12.6 Å². The highest BCUT2D eigenvalue weighted by atomic mass is 35.5. The Balaban J connectivity index is 1.32. The molecule has 132 valence electrons. The topological polar surface area (TPSA) is 85.2 Å². The third-order valence-corrected chi connectivity index (χ3v) is 4.97. The van der Waals surface area contributed by atoms with Crippen LogP contribution in [-0.4, -0.2) is 62.8 Å². The maximum absolute atomic E-state index is 12.1. The largest absolute Gasteiger partial charge is 0.371 e. The van der Waals surface area contributed by atoms with Gasteiger partial charge in [-0.25, -0.2) is 4.68 Å². The molecule has 0 radical (unpaired) electrons. The van der Waals surface area contributed by atoms with E-state index in [2.05, 4.69) is 25.7 Å². The second kappa shape index (κ2) is 7.07. The fourth-order valence-electron chi connectivity index (χ4n) is 3.53. The van der Waals surface area contributed by atoms with Crippen molar-refractivity contribution in [2.75, 3.05) is 19.7 Å². The number of hydrogen-bond acceptors (Lipinski definition) is 6. The number of aromatic nitrogens is 4. The van der Waals surface area contributed by atoms with Gasteiger partial charge in [0.15, 0.2) is 0 Å². The number of nitrogens with zero attached hydrogens (tertiary/aromatic N) is 5. The summed E-state index contributed by atoms with van der Waals surface area (Å²) in [6, 6.07) is 8.27. The van der Waals surface area contributed by atoms with E-state index in [0.717, 1.165) is 30.1 Å². The zero-order valence-corrected chi connectivity index (χ0v) is 14.3. The number of tetrazole rings is 1. The number of nitrogens with one attached hydrogen (secondary N) is 1. The van der Waals surface area contributed by atoms with E-state index in [1.807, 2.05) is 24.3 Å². The molecule has 0 spiro atoms. The summed E-state index contributed by atoms with van der Waals surface area (Å²) in [5.41, 5.74) is 1.13. The predicted octanol–water partition coefficient (Wildman–Crippen LogP) is 0.657. The van der Waals surface area contributed by atoms with Crippen molar-refractivity contribution in [2.24, 2.45) is 0 Å². The van der Waals surface area contributed by atoms with Crippen LogP contribution in [0.25, 0.3) is 0 Å². The van der Waals surface area contributed by atoms with Gasteiger partial charge in [-0.1, -0.05) is 23.7 Å². The molecule has 0 unspecified atom stereocenters. The van der Waals surface area contributed by atoms with Gasteiger partial charge < -0.3 is 10.1 Å². The Morgan fingerprint density at radius 1 is 1.32 bits per heavy atom. The van der Waals surface area contributed by atoms with Gasteiger partial charge in [-0.15, -0.1) is 5.10 Å². The van der Waals surface area contributed by atoms with Gasteiger partial charge in [-0.3, -0.25) is 9.69 Å². The standard InChI is InChI=1S/C16H19ClN6O2/c17-12-3-1-11(2-4-12)15-7-22-6-13(5-14(22)9-25-15)19-16(24)8-23-10-18-20-21-23/h1-4,10,13-15H,5-9H2,(H,19,24)/t13-,14+,15-/m1/s1. The van der Waals surface area contributed by atoms with Crippen LogP contribution >= 0.6 is 11.6 Å². The molecule has 2 fully saturated rings. The normalized spacial score (nSPS) is 26.4. The SMILES string of the molecule is O=C(Cn1cnnn1)N[C@@H]1C[C@H]2CO[C@@H](c3ccc(Cl)cc3)CN2C1. The number of ether oxygens (including phenoxy) is 1. The molecule has 2 aliphatic heterocycles. The highest BCUT2D eigenvalue weighted by molar-refractivity contribution is 6.30. The maximum Gasteiger partial charge on any atom is 0.242 e. The van der Waals surface area contributed by atoms with Gasteiger partial charge in [0.25, 0.3) is 0 Å². The molecule has 1 N–H and O–H groups in total. The number of hydrogen-bond donors (Lipinski definition) is 1. The quantitative estimate of drug-likeness (QED) is 0.860. The molecule has 0 bridgehead atoms. The number of amides is 1. The van der Waals surface area contributed by atoms with Crippen LogP contribution in [0.3, 0.4) is 0 Å². The molecule has 1 aromatic carbocycles. The minimum absolute atomic E-state index is 0.0455. The Bertz CT molecular complexity index is 723. The Kier molecular flexibility index (Phi) is 4.65. The Hall–Kier alpha value is -2.03. The van der Waals surface area contributed by atoms with Crippen molar-refractivity contribution in [3.8, 4) is 0 Å². The summed E-state index contributed by atoms with van der Waals surface area (Å²) < 4.78 is 7.44. The second-order valence-electron chi connectivity index (χ2n) is 6.49. The second-order valence-corrected chi connectivity index (χ2v) is 6.93. The molecule has 3 heterocycles. The van der Waals surface area contributed by atoms with Crippen LogP contribution < -0.4 is 5.32 Å². The number of carbonyl (C=O) groups is 1. The summed E-state index contributed by atoms with van der Waals surface area (Å²) in [7, 11) is 0. The van der Waals surface area contributed by atoms with E-state index < -0.39 is 0 Å². The van der Waals surface area contributed by atoms with Crippen molar-refractivity contribution in [1.82, 2.24) is 30.4 Å². The number of fused-ring (bicyclic) bond motifs is 1. The molecule has 2 aliphatic rings. The Morgan fingerprint density at radius 2 is 2.16 bits per heavy atom. The van der Waals surface area contributed by atoms with E-state index in [1.54, 1.807) is 0 Å². The van der Waals surface area contributed by atoms with Gasteiger partial charge >= 0.3 is 0 Å². The average molecular weight is 363 g/mol. The molecule has 25 heavy (non-hydrogen) atoms. The first-order valence-corrected chi connectivity index (χ1v) is 8.66. The van der Waals surface area contributed by atoms with E-state index >= 15 is 0 Å². The molecule has 4 rings (SSSR count). The molecule has 0 aliphatic carbocycles. The summed E-state index contributed by atoms with van der Waals surface area (Å²) in [5.74, 6) is -0.0766. The van der Waals surface area contributed by atoms with Crippen LogP contribution in [0, 0.1) is 0 Å². The number of rotatable bonds is 4. The van der Waals surface area contributed by atoms with Crippen LogP contribution in [0.1, 0.15) is 18.1 Å². The van der Waals surface area contributed by atoms with Crippen LogP contribution in [0.15, 0.2) is 30.6 Å². The fourth-order valence-corrected chi connectivity index (χ4v) is 3.66. The van der Waals surface area contributed by atoms with Gasteiger partial charge in [-0.05, 0) is 34.5 Å². The Morgan fingerprint density at radius 3 is 2.92 bits per heavy atom. The molecule has 1 amide bonds. The summed E-state index contributed by atoms with van der Waals surface area (Å²) in [6.45, 7) is 2.47. The lowest BCUT2D eigenvalue weighted by Gasteiger charge is -2.35. The minimum atomic E-state index is -0.0766. The molecule has 2 aromatic rings. The van der Waals surface area contributed by atoms with Crippen LogP contribution in [0.4, 0.5) is 0 Å². The first-order valence-electron chi connectivity index (χ1n) is 8.28. The number of halogens is 1. The average Bonchev–Trinajstić information content (AvgIpc) is 3.23. The molecule has 1 aromatic heterocycles. The van der Waals surface area contributed by atoms with E-state index in [-0.39, 0.29) is 24.6 Å². The minimum Gasteiger partial charge on any atom is -0.371 e. The molecule has 0 saturated carbocycles. The van der Waals surface area contributed by atoms with Gasteiger partial charge in [-0.2, -0.15) is 0 Å². The van der Waals surface area contributed by atoms with Crippen molar-refractivity contribution in [3.05, 3.63) is 41.2 Å². The zero-order valence-electron chi connectivity index (χ0n) is 13.6. The van der Waals surface area contributed by atoms with E-state index in [4.69, 9.17) is 16.3 Å². The molecule has 9 heteroatoms. The van der Waals surface area contributed by atoms with Crippen LogP contribution in [0.5, 0.6) is 0 Å². The van der Waals surface area contributed by atoms with E-state index in [9.17, 15) is 4.79 Å². The van der Waals surface area contributed by atoms with Gasteiger partial charge in [0, 0.05) is 30.2 Å². The summed E-state index contributed by atoms with van der Waals surface area (Å²) in [4.78, 5) is 14.5. The smallest absolute Gasteiger partial charge is 0.242 e. The summed E-state index contributed by atoms with van der Waals surface area (Å²) >= 11 is 5.95. The Labute approximate surface area is 150 Å². The first-order chi connectivity index (χ1) is 12.2. The zero-order chi connectivity index (χ0) is 17.2. The van der Waals surface area contributed by atoms with Crippen molar-refractivity contribution in [1.29, 1.82) is 0 Å². The van der Waals surface area contributed by atoms with Crippen molar-refractivity contribution < 1.29 is 9.53 Å². The van der Waals surface area contributed by atoms with E-state index in [1.165, 1.54) is 11.0 Å². The maximum atomic E-state index is 12.1. The number of benzene rings is 1. The highest BCUT2D eigenvalue weighted by Crippen LogP contribution is 2.30. The monoisotopic (exact) mass is 362 g/mol. The van der Waals surface area contributed by atoms with Crippen LogP contribution in [-0.2, 0) is 16.1 Å². The van der Waals surface area contributed by atoms with Crippen molar-refractivity contribution in [2.45, 2.75) is 31.2 Å². The molecule has 2 saturated heterocycles. The predicted molar refractivity (Wildman–Crippen MR) is 89.9 cm³/mol. The van der Waals surface area contributed by atoms with Crippen molar-refractivity contribution in [3.63, 3.8) is 0 Å². The highest BCUT2D eigenvalue weighted by Gasteiger charge is 2.38. The first kappa shape index (κ1) is 16.4. The lowest BCUT2D eigenvalue weighted by atomic mass is 10.1. The van der Waals surface area contributed by atoms with Gasteiger partial charge in [0.1, 0.15) is 12.9 Å². The molecule has 3 atom stereocenters. The molecular formula is C16H19ClN6O2. The van der Waals surface area contributed by atoms with Gasteiger partial charge in [0.05, 0.1) is 12.7 Å². The van der Waals surface area contributed by atoms with Crippen molar-refractivity contribution >= 4 is 17.5 Å².